The second-order valence-corrected chi connectivity index (χ2v) is 11.2. The van der Waals surface area contributed by atoms with Crippen molar-refractivity contribution in [3.8, 4) is 10.4 Å². The van der Waals surface area contributed by atoms with Crippen LogP contribution in [0.5, 0.6) is 0 Å². The van der Waals surface area contributed by atoms with Crippen LogP contribution in [-0.2, 0) is 14.8 Å². The molecule has 2 N–H and O–H groups in total. The van der Waals surface area contributed by atoms with Crippen molar-refractivity contribution < 1.29 is 13.2 Å². The molecule has 3 aromatic heterocycles. The zero-order valence-corrected chi connectivity index (χ0v) is 19.6. The summed E-state index contributed by atoms with van der Waals surface area (Å²) in [6.07, 6.45) is 6.96. The molecule has 0 radical (unpaired) electrons. The molecule has 1 amide bonds. The number of carbonyl (C=O) groups excluding carboxylic acids is 1. The van der Waals surface area contributed by atoms with E-state index >= 15 is 0 Å². The van der Waals surface area contributed by atoms with Crippen LogP contribution in [0.2, 0.25) is 0 Å². The summed E-state index contributed by atoms with van der Waals surface area (Å²) < 4.78 is 29.5. The Kier molecular flexibility index (Phi) is 5.65. The summed E-state index contributed by atoms with van der Waals surface area (Å²) in [6, 6.07) is 14.3. The molecule has 4 aromatic rings. The summed E-state index contributed by atoms with van der Waals surface area (Å²) in [5, 5.41) is 3.65. The van der Waals surface area contributed by atoms with Crippen LogP contribution in [0.25, 0.3) is 21.2 Å². The summed E-state index contributed by atoms with van der Waals surface area (Å²) in [5.41, 5.74) is -0.0641. The van der Waals surface area contributed by atoms with Crippen LogP contribution in [-0.4, -0.2) is 36.4 Å². The summed E-state index contributed by atoms with van der Waals surface area (Å²) in [4.78, 5) is 21.9. The average Bonchev–Trinajstić information content (AvgIpc) is 3.47. The van der Waals surface area contributed by atoms with E-state index in [0.29, 0.717) is 12.1 Å². The molecule has 1 unspecified atom stereocenters. The number of carbonyl (C=O) groups is 1. The summed E-state index contributed by atoms with van der Waals surface area (Å²) >= 11 is 7.96. The molecule has 4 heterocycles. The molecule has 1 aromatic carbocycles. The number of benzene rings is 1. The number of pyridine rings is 2. The van der Waals surface area contributed by atoms with Gasteiger partial charge in [-0.15, -0.1) is 22.9 Å². The number of fused-ring (bicyclic) bond motifs is 1. The molecular formula is C23H19ClN4O3S2. The Morgan fingerprint density at radius 1 is 1.06 bits per heavy atom. The van der Waals surface area contributed by atoms with Crippen LogP contribution in [0.4, 0.5) is 0 Å². The Morgan fingerprint density at radius 3 is 2.67 bits per heavy atom. The molecule has 0 saturated carbocycles. The molecule has 33 heavy (non-hydrogen) atoms. The van der Waals surface area contributed by atoms with Crippen LogP contribution < -0.4 is 10.0 Å². The van der Waals surface area contributed by atoms with Crippen LogP contribution in [0.1, 0.15) is 17.4 Å². The third-order valence-corrected chi connectivity index (χ3v) is 9.47. The molecular weight excluding hydrogens is 480 g/mol. The van der Waals surface area contributed by atoms with Gasteiger partial charge in [-0.3, -0.25) is 14.8 Å². The van der Waals surface area contributed by atoms with E-state index in [0.717, 1.165) is 32.5 Å². The molecule has 1 aliphatic heterocycles. The maximum atomic E-state index is 13.4. The fourth-order valence-corrected chi connectivity index (χ4v) is 7.16. The predicted molar refractivity (Wildman–Crippen MR) is 129 cm³/mol. The van der Waals surface area contributed by atoms with Crippen molar-refractivity contribution in [1.29, 1.82) is 0 Å². The van der Waals surface area contributed by atoms with Crippen molar-refractivity contribution >= 4 is 49.6 Å². The molecule has 1 fully saturated rings. The highest BCUT2D eigenvalue weighted by Gasteiger charge is 2.51. The van der Waals surface area contributed by atoms with Gasteiger partial charge in [0.1, 0.15) is 9.75 Å². The van der Waals surface area contributed by atoms with Gasteiger partial charge in [0.05, 0.1) is 5.38 Å². The average molecular weight is 499 g/mol. The van der Waals surface area contributed by atoms with Crippen molar-refractivity contribution in [2.45, 2.75) is 21.5 Å². The van der Waals surface area contributed by atoms with Gasteiger partial charge in [-0.1, -0.05) is 18.2 Å². The lowest BCUT2D eigenvalue weighted by atomic mass is 9.89. The first-order valence-electron chi connectivity index (χ1n) is 10.2. The largest absolute Gasteiger partial charge is 0.354 e. The molecule has 5 rings (SSSR count). The fourth-order valence-electron chi connectivity index (χ4n) is 4.00. The highest BCUT2D eigenvalue weighted by molar-refractivity contribution is 7.91. The van der Waals surface area contributed by atoms with Crippen molar-refractivity contribution in [3.63, 3.8) is 0 Å². The summed E-state index contributed by atoms with van der Waals surface area (Å²) in [5.74, 6) is -0.443. The normalized spacial score (nSPS) is 19.5. The number of thiophene rings is 1. The van der Waals surface area contributed by atoms with E-state index in [-0.39, 0.29) is 10.6 Å². The number of halogens is 1. The maximum absolute atomic E-state index is 13.4. The Balaban J connectivity index is 1.50. The van der Waals surface area contributed by atoms with Gasteiger partial charge < -0.3 is 5.32 Å². The van der Waals surface area contributed by atoms with E-state index in [1.54, 1.807) is 36.9 Å². The van der Waals surface area contributed by atoms with Gasteiger partial charge in [-0.2, -0.15) is 4.72 Å². The van der Waals surface area contributed by atoms with Gasteiger partial charge in [-0.05, 0) is 47.7 Å². The first-order valence-corrected chi connectivity index (χ1v) is 12.9. The molecule has 0 aliphatic carbocycles. The fraction of sp³-hybridized carbons (Fsp3) is 0.174. The van der Waals surface area contributed by atoms with E-state index in [9.17, 15) is 13.2 Å². The molecule has 1 saturated heterocycles. The van der Waals surface area contributed by atoms with Gasteiger partial charge in [0.2, 0.25) is 5.91 Å². The van der Waals surface area contributed by atoms with E-state index in [4.69, 9.17) is 11.6 Å². The van der Waals surface area contributed by atoms with Crippen LogP contribution in [0, 0.1) is 0 Å². The number of nitrogens with zero attached hydrogens (tertiary/aromatic N) is 2. The lowest BCUT2D eigenvalue weighted by Crippen LogP contribution is -2.56. The van der Waals surface area contributed by atoms with Crippen molar-refractivity contribution in [1.82, 2.24) is 20.0 Å². The maximum Gasteiger partial charge on any atom is 0.251 e. The van der Waals surface area contributed by atoms with E-state index in [1.165, 1.54) is 6.07 Å². The molecule has 168 valence electrons. The highest BCUT2D eigenvalue weighted by atomic mass is 35.5. The highest BCUT2D eigenvalue weighted by Crippen LogP contribution is 2.40. The van der Waals surface area contributed by atoms with Crippen LogP contribution in [0.3, 0.4) is 0 Å². The van der Waals surface area contributed by atoms with Crippen molar-refractivity contribution in [2.75, 3.05) is 6.54 Å². The van der Waals surface area contributed by atoms with Crippen LogP contribution >= 0.6 is 22.9 Å². The Hall–Kier alpha value is -2.85. The second-order valence-electron chi connectivity index (χ2n) is 7.79. The van der Waals surface area contributed by atoms with E-state index in [2.05, 4.69) is 20.0 Å². The lowest BCUT2D eigenvalue weighted by molar-refractivity contribution is -0.124. The number of rotatable bonds is 6. The number of sulfonamides is 1. The Labute approximate surface area is 199 Å². The number of amides is 1. The summed E-state index contributed by atoms with van der Waals surface area (Å²) in [7, 11) is -4.03. The third kappa shape index (κ3) is 4.02. The molecule has 2 atom stereocenters. The van der Waals surface area contributed by atoms with E-state index < -0.39 is 26.8 Å². The lowest BCUT2D eigenvalue weighted by Gasteiger charge is -2.32. The van der Waals surface area contributed by atoms with Gasteiger partial charge >= 0.3 is 0 Å². The van der Waals surface area contributed by atoms with Crippen molar-refractivity contribution in [2.24, 2.45) is 0 Å². The summed E-state index contributed by atoms with van der Waals surface area (Å²) in [6.45, 7) is 0.324. The van der Waals surface area contributed by atoms with Gasteiger partial charge in [0.15, 0.2) is 0 Å². The standard InChI is InChI=1S/C23H19ClN4O3S2/c24-21(16-4-3-15-7-10-26-14-18(15)12-16)23(8-11-27-22(23)29)28-33(30,31)20-6-5-19(32-20)17-2-1-9-25-13-17/h1-7,9-10,12-14,21,28H,8,11H2,(H,27,29)/t21?,23-/m1/s1. The SMILES string of the molecule is O=C1NCC[C@@]1(NS(=O)(=O)c1ccc(-c2cccnc2)s1)C(Cl)c1ccc2ccncc2c1. The Bertz CT molecular complexity index is 1440. The number of nitrogens with one attached hydrogen (secondary N) is 2. The zero-order chi connectivity index (χ0) is 23.1. The monoisotopic (exact) mass is 498 g/mol. The number of hydrogen-bond acceptors (Lipinski definition) is 6. The number of hydrogen-bond donors (Lipinski definition) is 2. The molecule has 7 nitrogen and oxygen atoms in total. The van der Waals surface area contributed by atoms with E-state index in [1.807, 2.05) is 30.3 Å². The van der Waals surface area contributed by atoms with Crippen molar-refractivity contribution in [3.05, 3.63) is 78.9 Å². The Morgan fingerprint density at radius 2 is 1.91 bits per heavy atom. The molecule has 0 spiro atoms. The molecule has 10 heteroatoms. The smallest absolute Gasteiger partial charge is 0.251 e. The first-order chi connectivity index (χ1) is 15.9. The quantitative estimate of drug-likeness (QED) is 0.393. The molecule has 0 bridgehead atoms. The first kappa shape index (κ1) is 22.0. The third-order valence-electron chi connectivity index (χ3n) is 5.71. The minimum atomic E-state index is -4.03. The van der Waals surface area contributed by atoms with Gasteiger partial charge in [-0.25, -0.2) is 8.42 Å². The topological polar surface area (TPSA) is 101 Å². The number of aromatic nitrogens is 2. The zero-order valence-electron chi connectivity index (χ0n) is 17.2. The minimum absolute atomic E-state index is 0.104. The van der Waals surface area contributed by atoms with Crippen LogP contribution in [0.15, 0.2) is 77.5 Å². The number of alkyl halides is 1. The van der Waals surface area contributed by atoms with Gasteiger partial charge in [0.25, 0.3) is 10.0 Å². The second kappa shape index (κ2) is 8.49. The minimum Gasteiger partial charge on any atom is -0.354 e. The van der Waals surface area contributed by atoms with Gasteiger partial charge in [0, 0.05) is 47.2 Å². The molecule has 1 aliphatic rings. The predicted octanol–water partition coefficient (Wildman–Crippen LogP) is 3.88.